The Morgan fingerprint density at radius 1 is 1.10 bits per heavy atom. The Labute approximate surface area is 236 Å². The van der Waals surface area contributed by atoms with Crippen LogP contribution in [0.25, 0.3) is 33.3 Å². The van der Waals surface area contributed by atoms with Crippen molar-refractivity contribution in [3.8, 4) is 17.3 Å². The average molecular weight is 539 g/mol. The first kappa shape index (κ1) is 22.8. The fourth-order valence-corrected chi connectivity index (χ4v) is 7.03. The lowest BCUT2D eigenvalue weighted by Gasteiger charge is -2.38. The SMILES string of the molecule is N#Cc1cnn2cc(C3=CCOCC3)cc(-c3cnc(N4CC5=CC6C(C64)N5Cc4ccc5[nH]ccc5c4)cn3)c12. The second-order valence-electron chi connectivity index (χ2n) is 11.3. The number of hydrogen-bond acceptors (Lipinski definition) is 7. The van der Waals surface area contributed by atoms with Gasteiger partial charge in [-0.15, -0.1) is 0 Å². The topological polar surface area (TPSA) is 98.4 Å². The number of hydrogen-bond donors (Lipinski definition) is 1. The van der Waals surface area contributed by atoms with Crippen LogP contribution in [0.5, 0.6) is 0 Å². The van der Waals surface area contributed by atoms with Gasteiger partial charge in [-0.05, 0) is 52.8 Å². The van der Waals surface area contributed by atoms with Crippen LogP contribution in [0, 0.1) is 17.2 Å². The molecule has 9 heteroatoms. The standard InChI is InChI=1S/C32H26N8O/c33-12-23-13-37-40-17-22(20-4-7-41-8-5-20)10-25(30(23)40)28-14-36-29(15-35-28)39-18-24-11-26-31(32(26)39)38(24)16-19-1-2-27-21(9-19)3-6-34-27/h1-4,6,9-11,13-15,17,26,31-32,34H,5,7-8,16,18H2. The number of benzene rings is 1. The predicted molar refractivity (Wildman–Crippen MR) is 155 cm³/mol. The highest BCUT2D eigenvalue weighted by atomic mass is 16.5. The van der Waals surface area contributed by atoms with E-state index in [1.54, 1.807) is 10.7 Å². The summed E-state index contributed by atoms with van der Waals surface area (Å²) in [5.74, 6) is 1.45. The van der Waals surface area contributed by atoms with E-state index < -0.39 is 0 Å². The Kier molecular flexibility index (Phi) is 4.75. The molecular formula is C32H26N8O. The molecule has 1 aliphatic carbocycles. The second-order valence-corrected chi connectivity index (χ2v) is 11.3. The van der Waals surface area contributed by atoms with Crippen LogP contribution in [0.1, 0.15) is 23.1 Å². The summed E-state index contributed by atoms with van der Waals surface area (Å²) in [5.41, 5.74) is 9.06. The number of pyridine rings is 1. The normalized spacial score (nSPS) is 22.7. The summed E-state index contributed by atoms with van der Waals surface area (Å²) in [6.07, 6.45) is 14.7. The van der Waals surface area contributed by atoms with E-state index in [9.17, 15) is 5.26 Å². The summed E-state index contributed by atoms with van der Waals surface area (Å²) in [5, 5.41) is 15.5. The number of anilines is 1. The van der Waals surface area contributed by atoms with Crippen molar-refractivity contribution in [1.82, 2.24) is 29.5 Å². The van der Waals surface area contributed by atoms with Gasteiger partial charge in [-0.25, -0.2) is 9.50 Å². The van der Waals surface area contributed by atoms with E-state index in [1.165, 1.54) is 27.7 Å². The number of nitrogens with zero attached hydrogens (tertiary/aromatic N) is 7. The Morgan fingerprint density at radius 2 is 2.07 bits per heavy atom. The lowest BCUT2D eigenvalue weighted by molar-refractivity contribution is 0.161. The maximum atomic E-state index is 9.76. The summed E-state index contributed by atoms with van der Waals surface area (Å²) in [6, 6.07) is 14.2. The largest absolute Gasteiger partial charge is 0.377 e. The van der Waals surface area contributed by atoms with Crippen LogP contribution < -0.4 is 4.90 Å². The zero-order chi connectivity index (χ0) is 27.1. The number of piperazine rings is 1. The maximum Gasteiger partial charge on any atom is 0.147 e. The van der Waals surface area contributed by atoms with Crippen LogP contribution >= 0.6 is 0 Å². The van der Waals surface area contributed by atoms with Crippen LogP contribution in [0.4, 0.5) is 5.82 Å². The van der Waals surface area contributed by atoms with E-state index >= 15 is 0 Å². The van der Waals surface area contributed by atoms with E-state index in [-0.39, 0.29) is 0 Å². The van der Waals surface area contributed by atoms with Crippen molar-refractivity contribution in [2.75, 3.05) is 24.7 Å². The highest BCUT2D eigenvalue weighted by Crippen LogP contribution is 2.54. The van der Waals surface area contributed by atoms with Crippen LogP contribution in [0.3, 0.4) is 0 Å². The Hall–Kier alpha value is -4.94. The van der Waals surface area contributed by atoms with Crippen molar-refractivity contribution in [3.63, 3.8) is 0 Å². The number of aromatic amines is 1. The van der Waals surface area contributed by atoms with Gasteiger partial charge in [0.15, 0.2) is 0 Å². The molecular weight excluding hydrogens is 512 g/mol. The number of ether oxygens (including phenoxy) is 1. The zero-order valence-corrected chi connectivity index (χ0v) is 22.2. The average Bonchev–Trinajstić information content (AvgIpc) is 3.31. The van der Waals surface area contributed by atoms with Gasteiger partial charge >= 0.3 is 0 Å². The van der Waals surface area contributed by atoms with Gasteiger partial charge in [0, 0.05) is 41.6 Å². The zero-order valence-electron chi connectivity index (χ0n) is 22.2. The van der Waals surface area contributed by atoms with Gasteiger partial charge in [0.25, 0.3) is 0 Å². The summed E-state index contributed by atoms with van der Waals surface area (Å²) >= 11 is 0. The maximum absolute atomic E-state index is 9.76. The van der Waals surface area contributed by atoms with E-state index in [4.69, 9.17) is 14.7 Å². The molecule has 10 rings (SSSR count). The fraction of sp³-hybridized carbons (Fsp3) is 0.250. The Balaban J connectivity index is 0.997. The molecule has 4 aliphatic heterocycles. The van der Waals surface area contributed by atoms with Crippen molar-refractivity contribution in [3.05, 3.63) is 95.9 Å². The minimum absolute atomic E-state index is 0.430. The molecule has 3 unspecified atom stereocenters. The molecule has 1 saturated heterocycles. The first-order chi connectivity index (χ1) is 20.2. The molecule has 3 atom stereocenters. The monoisotopic (exact) mass is 538 g/mol. The van der Waals surface area contributed by atoms with Gasteiger partial charge < -0.3 is 19.5 Å². The van der Waals surface area contributed by atoms with Gasteiger partial charge in [-0.2, -0.15) is 10.4 Å². The molecule has 8 heterocycles. The van der Waals surface area contributed by atoms with Crippen molar-refractivity contribution in [2.45, 2.75) is 25.0 Å². The number of aromatic nitrogens is 5. The lowest BCUT2D eigenvalue weighted by Crippen LogP contribution is -2.45. The smallest absolute Gasteiger partial charge is 0.147 e. The lowest BCUT2D eigenvalue weighted by atomic mass is 9.99. The molecule has 200 valence electrons. The van der Waals surface area contributed by atoms with Crippen LogP contribution in [-0.4, -0.2) is 61.3 Å². The van der Waals surface area contributed by atoms with Gasteiger partial charge in [0.05, 0.1) is 67.2 Å². The summed E-state index contributed by atoms with van der Waals surface area (Å²) in [4.78, 5) is 18.1. The first-order valence-electron chi connectivity index (χ1n) is 14.1. The van der Waals surface area contributed by atoms with E-state index in [2.05, 4.69) is 68.4 Å². The Bertz CT molecular complexity index is 1960. The number of H-pyrrole nitrogens is 1. The molecule has 41 heavy (non-hydrogen) atoms. The highest BCUT2D eigenvalue weighted by molar-refractivity contribution is 5.85. The number of nitrogens with one attached hydrogen (secondary N) is 1. The minimum Gasteiger partial charge on any atom is -0.377 e. The fourth-order valence-electron chi connectivity index (χ4n) is 7.03. The molecule has 0 radical (unpaired) electrons. The Morgan fingerprint density at radius 3 is 2.90 bits per heavy atom. The quantitative estimate of drug-likeness (QED) is 0.351. The van der Waals surface area contributed by atoms with Crippen molar-refractivity contribution in [1.29, 1.82) is 5.26 Å². The minimum atomic E-state index is 0.430. The number of nitriles is 1. The third kappa shape index (κ3) is 3.47. The van der Waals surface area contributed by atoms with Crippen LogP contribution in [-0.2, 0) is 11.3 Å². The van der Waals surface area contributed by atoms with Gasteiger partial charge in [0.1, 0.15) is 11.9 Å². The molecule has 4 bridgehead atoms. The molecule has 9 nitrogen and oxygen atoms in total. The number of fused-ring (bicyclic) bond motifs is 3. The first-order valence-corrected chi connectivity index (χ1v) is 14.1. The summed E-state index contributed by atoms with van der Waals surface area (Å²) in [6.45, 7) is 3.08. The van der Waals surface area contributed by atoms with Crippen molar-refractivity contribution in [2.24, 2.45) is 5.92 Å². The van der Waals surface area contributed by atoms with Crippen molar-refractivity contribution >= 4 is 27.8 Å². The molecule has 1 N–H and O–H groups in total. The summed E-state index contributed by atoms with van der Waals surface area (Å²) in [7, 11) is 0. The molecule has 1 aromatic carbocycles. The molecule has 5 aliphatic rings. The number of rotatable bonds is 5. The van der Waals surface area contributed by atoms with Crippen LogP contribution in [0.2, 0.25) is 0 Å². The molecule has 5 aromatic rings. The predicted octanol–water partition coefficient (Wildman–Crippen LogP) is 4.53. The third-order valence-corrected chi connectivity index (χ3v) is 9.05. The van der Waals surface area contributed by atoms with Gasteiger partial charge in [0.2, 0.25) is 0 Å². The van der Waals surface area contributed by atoms with Gasteiger partial charge in [-0.1, -0.05) is 18.2 Å². The van der Waals surface area contributed by atoms with E-state index in [1.807, 2.05) is 24.8 Å². The summed E-state index contributed by atoms with van der Waals surface area (Å²) < 4.78 is 7.30. The second kappa shape index (κ2) is 8.53. The van der Waals surface area contributed by atoms with Crippen molar-refractivity contribution < 1.29 is 4.74 Å². The highest BCUT2D eigenvalue weighted by Gasteiger charge is 2.63. The van der Waals surface area contributed by atoms with Crippen LogP contribution in [0.15, 0.2) is 79.2 Å². The molecule has 0 spiro atoms. The molecule has 1 saturated carbocycles. The molecule has 4 aromatic heterocycles. The molecule has 0 amide bonds. The third-order valence-electron chi connectivity index (χ3n) is 9.05. The van der Waals surface area contributed by atoms with E-state index in [0.717, 1.165) is 47.7 Å². The van der Waals surface area contributed by atoms with E-state index in [0.29, 0.717) is 36.8 Å². The van der Waals surface area contributed by atoms with Gasteiger partial charge in [-0.3, -0.25) is 4.98 Å². The molecule has 2 fully saturated rings.